The van der Waals surface area contributed by atoms with Crippen LogP contribution in [0.5, 0.6) is 0 Å². The predicted molar refractivity (Wildman–Crippen MR) is 61.8 cm³/mol. The predicted octanol–water partition coefficient (Wildman–Crippen LogP) is 2.73. The summed E-state index contributed by atoms with van der Waals surface area (Å²) in [5.41, 5.74) is 0. The molecule has 0 saturated carbocycles. The largest absolute Gasteiger partial charge is 0.349 e. The van der Waals surface area contributed by atoms with Crippen molar-refractivity contribution in [2.45, 2.75) is 27.9 Å². The van der Waals surface area contributed by atoms with Gasteiger partial charge in [-0.05, 0) is 6.92 Å². The minimum absolute atomic E-state index is 0.221. The molecule has 88 valence electrons. The minimum atomic E-state index is -1.72. The Morgan fingerprint density at radius 1 is 1.47 bits per heavy atom. The molecule has 1 aliphatic rings. The topological polar surface area (TPSA) is 29.5 Å². The van der Waals surface area contributed by atoms with E-state index in [-0.39, 0.29) is 6.10 Å². The lowest BCUT2D eigenvalue weighted by atomic mass is 10.4. The molecule has 2 unspecified atom stereocenters. The van der Waals surface area contributed by atoms with Crippen molar-refractivity contribution >= 4 is 63.9 Å². The van der Waals surface area contributed by atoms with Gasteiger partial charge in [0.15, 0.2) is 11.1 Å². The van der Waals surface area contributed by atoms with Crippen LogP contribution in [0.15, 0.2) is 0 Å². The van der Waals surface area contributed by atoms with Crippen LogP contribution in [0.3, 0.4) is 0 Å². The van der Waals surface area contributed by atoms with E-state index in [1.807, 2.05) is 0 Å². The van der Waals surface area contributed by atoms with Gasteiger partial charge in [-0.25, -0.2) is 0 Å². The van der Waals surface area contributed by atoms with Gasteiger partial charge < -0.3 is 9.64 Å². The first kappa shape index (κ1) is 13.9. The zero-order chi connectivity index (χ0) is 11.8. The van der Waals surface area contributed by atoms with Gasteiger partial charge in [-0.3, -0.25) is 4.79 Å². The van der Waals surface area contributed by atoms with Crippen LogP contribution in [-0.4, -0.2) is 38.3 Å². The summed E-state index contributed by atoms with van der Waals surface area (Å²) in [6.45, 7) is 2.06. The number of halogens is 5. The molecule has 8 heteroatoms. The molecule has 1 saturated heterocycles. The average Bonchev–Trinajstić information content (AvgIpc) is 2.44. The molecule has 0 aromatic carbocycles. The quantitative estimate of drug-likeness (QED) is 0.696. The molecule has 0 bridgehead atoms. The van der Waals surface area contributed by atoms with Crippen LogP contribution < -0.4 is 0 Å². The van der Waals surface area contributed by atoms with Crippen molar-refractivity contribution < 1.29 is 9.53 Å². The van der Waals surface area contributed by atoms with Crippen molar-refractivity contribution in [1.82, 2.24) is 4.90 Å². The second kappa shape index (κ2) is 5.03. The highest BCUT2D eigenvalue weighted by molar-refractivity contribution is 6.68. The first-order valence-corrected chi connectivity index (χ1v) is 6.05. The van der Waals surface area contributed by atoms with Gasteiger partial charge in [-0.2, -0.15) is 0 Å². The fourth-order valence-electron chi connectivity index (χ4n) is 1.29. The summed E-state index contributed by atoms with van der Waals surface area (Å²) >= 11 is 27.9. The second-order valence-electron chi connectivity index (χ2n) is 3.13. The summed E-state index contributed by atoms with van der Waals surface area (Å²) in [6, 6.07) is 0. The highest BCUT2D eigenvalue weighted by Gasteiger charge is 2.47. The molecule has 15 heavy (non-hydrogen) atoms. The van der Waals surface area contributed by atoms with E-state index >= 15 is 0 Å². The molecule has 0 radical (unpaired) electrons. The van der Waals surface area contributed by atoms with Gasteiger partial charge in [0.25, 0.3) is 5.91 Å². The lowest BCUT2D eigenvalue weighted by molar-refractivity contribution is -0.134. The number of hydrogen-bond acceptors (Lipinski definition) is 2. The minimum Gasteiger partial charge on any atom is -0.349 e. The lowest BCUT2D eigenvalue weighted by Gasteiger charge is -2.28. The molecule has 1 fully saturated rings. The summed E-state index contributed by atoms with van der Waals surface area (Å²) < 4.78 is 3.58. The third-order valence-electron chi connectivity index (χ3n) is 1.85. The molecule has 0 aliphatic carbocycles. The van der Waals surface area contributed by atoms with Crippen molar-refractivity contribution in [2.75, 3.05) is 6.54 Å². The Morgan fingerprint density at radius 3 is 2.40 bits per heavy atom. The van der Waals surface area contributed by atoms with Gasteiger partial charge in [0, 0.05) is 6.54 Å². The molecular formula is C7H8Cl5NO2. The zero-order valence-corrected chi connectivity index (χ0v) is 11.4. The van der Waals surface area contributed by atoms with Gasteiger partial charge in [-0.1, -0.05) is 58.0 Å². The van der Waals surface area contributed by atoms with E-state index in [1.54, 1.807) is 6.92 Å². The monoisotopic (exact) mass is 313 g/mol. The van der Waals surface area contributed by atoms with E-state index in [4.69, 9.17) is 62.7 Å². The van der Waals surface area contributed by atoms with Crippen molar-refractivity contribution in [1.29, 1.82) is 0 Å². The van der Waals surface area contributed by atoms with Crippen molar-refractivity contribution in [3.8, 4) is 0 Å². The Bertz CT molecular complexity index is 254. The number of ether oxygens (including phenoxy) is 1. The average molecular weight is 315 g/mol. The van der Waals surface area contributed by atoms with Crippen molar-refractivity contribution in [3.05, 3.63) is 0 Å². The first-order chi connectivity index (χ1) is 6.73. The third-order valence-corrected chi connectivity index (χ3v) is 2.78. The maximum Gasteiger partial charge on any atom is 0.258 e. The summed E-state index contributed by atoms with van der Waals surface area (Å²) in [4.78, 5) is 11.6. The number of alkyl halides is 5. The standard InChI is InChI=1S/C7H8Cl5NO2/c1-3-2-13(5(14)4(8)9)6(15-3)7(10,11)12/h3-4,6H,2H2,1H3. The number of nitrogens with zero attached hydrogens (tertiary/aromatic N) is 1. The van der Waals surface area contributed by atoms with E-state index in [0.29, 0.717) is 6.54 Å². The molecule has 1 heterocycles. The second-order valence-corrected chi connectivity index (χ2v) is 6.60. The van der Waals surface area contributed by atoms with Crippen LogP contribution in [0.4, 0.5) is 0 Å². The van der Waals surface area contributed by atoms with Crippen molar-refractivity contribution in [3.63, 3.8) is 0 Å². The van der Waals surface area contributed by atoms with Crippen LogP contribution in [0.2, 0.25) is 0 Å². The number of hydrogen-bond donors (Lipinski definition) is 0. The number of rotatable bonds is 1. The number of carbonyl (C=O) groups excluding carboxylic acids is 1. The van der Waals surface area contributed by atoms with E-state index in [0.717, 1.165) is 0 Å². The fraction of sp³-hybridized carbons (Fsp3) is 0.857. The van der Waals surface area contributed by atoms with E-state index in [2.05, 4.69) is 0 Å². The molecule has 1 amide bonds. The van der Waals surface area contributed by atoms with Gasteiger partial charge in [0.05, 0.1) is 6.10 Å². The Kier molecular flexibility index (Phi) is 4.67. The Labute approximate surface area is 112 Å². The smallest absolute Gasteiger partial charge is 0.258 e. The summed E-state index contributed by atoms with van der Waals surface area (Å²) in [6.07, 6.45) is -1.17. The zero-order valence-electron chi connectivity index (χ0n) is 7.59. The maximum atomic E-state index is 11.6. The number of amides is 1. The Hall–Kier alpha value is 0.880. The summed E-state index contributed by atoms with van der Waals surface area (Å²) in [5, 5.41) is 0. The highest BCUT2D eigenvalue weighted by Crippen LogP contribution is 2.38. The van der Waals surface area contributed by atoms with Crippen LogP contribution in [0.1, 0.15) is 6.92 Å². The van der Waals surface area contributed by atoms with Crippen LogP contribution >= 0.6 is 58.0 Å². The summed E-state index contributed by atoms with van der Waals surface area (Å²) in [7, 11) is 0. The van der Waals surface area contributed by atoms with E-state index < -0.39 is 20.8 Å². The van der Waals surface area contributed by atoms with Gasteiger partial charge in [0.2, 0.25) is 3.79 Å². The van der Waals surface area contributed by atoms with Crippen molar-refractivity contribution in [2.24, 2.45) is 0 Å². The molecule has 3 nitrogen and oxygen atoms in total. The molecule has 1 aliphatic heterocycles. The molecule has 0 N–H and O–H groups in total. The highest BCUT2D eigenvalue weighted by atomic mass is 35.6. The van der Waals surface area contributed by atoms with Gasteiger partial charge >= 0.3 is 0 Å². The number of carbonyl (C=O) groups is 1. The Balaban J connectivity index is 2.82. The molecule has 0 spiro atoms. The molecular weight excluding hydrogens is 307 g/mol. The van der Waals surface area contributed by atoms with Gasteiger partial charge in [0.1, 0.15) is 0 Å². The molecule has 0 aromatic rings. The van der Waals surface area contributed by atoms with Crippen LogP contribution in [0.25, 0.3) is 0 Å². The third kappa shape index (κ3) is 3.42. The maximum absolute atomic E-state index is 11.6. The SMILES string of the molecule is CC1CN(C(=O)C(Cl)Cl)C(C(Cl)(Cl)Cl)O1. The first-order valence-electron chi connectivity index (χ1n) is 4.04. The van der Waals surface area contributed by atoms with Crippen LogP contribution in [-0.2, 0) is 9.53 Å². The fourth-order valence-corrected chi connectivity index (χ4v) is 2.05. The normalized spacial score (nSPS) is 27.5. The molecule has 1 rings (SSSR count). The lowest BCUT2D eigenvalue weighted by Crippen LogP contribution is -2.45. The van der Waals surface area contributed by atoms with E-state index in [9.17, 15) is 4.79 Å². The van der Waals surface area contributed by atoms with Crippen LogP contribution in [0, 0.1) is 0 Å². The Morgan fingerprint density at radius 2 is 2.00 bits per heavy atom. The van der Waals surface area contributed by atoms with Gasteiger partial charge in [-0.15, -0.1) is 0 Å². The molecule has 0 aromatic heterocycles. The molecule has 2 atom stereocenters. The van der Waals surface area contributed by atoms with E-state index in [1.165, 1.54) is 4.90 Å². The summed E-state index contributed by atoms with van der Waals surface area (Å²) in [5.74, 6) is -0.529.